The lowest BCUT2D eigenvalue weighted by Gasteiger charge is -2.11. The van der Waals surface area contributed by atoms with E-state index in [4.69, 9.17) is 9.72 Å². The Bertz CT molecular complexity index is 1080. The Morgan fingerprint density at radius 2 is 1.31 bits per heavy atom. The molecule has 29 heavy (non-hydrogen) atoms. The number of phenols is 1. The zero-order valence-corrected chi connectivity index (χ0v) is 16.3. The summed E-state index contributed by atoms with van der Waals surface area (Å²) in [6.45, 7) is 4.59. The van der Waals surface area contributed by atoms with Gasteiger partial charge in [0.2, 0.25) is 0 Å². The monoisotopic (exact) mass is 383 g/mol. The third kappa shape index (κ3) is 3.94. The molecule has 4 aromatic rings. The van der Waals surface area contributed by atoms with E-state index in [0.717, 1.165) is 22.4 Å². The van der Waals surface area contributed by atoms with Crippen LogP contribution in [0, 0.1) is 6.92 Å². The molecule has 1 aromatic heterocycles. The predicted octanol–water partition coefficient (Wildman–Crippen LogP) is 5.29. The summed E-state index contributed by atoms with van der Waals surface area (Å²) in [5, 5.41) is 10.3. The Kier molecular flexibility index (Phi) is 5.20. The largest absolute Gasteiger partial charge is 0.507 e. The van der Waals surface area contributed by atoms with Gasteiger partial charge in [-0.05, 0) is 55.8 Å². The standard InChI is InChI=1S/C24H21N3O2/c1-3-29-18-14-12-17(13-15-18)22-25-23(19-9-5-4-8-16(19)2)27-24(26-22)20-10-6-7-11-21(20)28/h4-15,28H,3H2,1-2H3. The number of nitrogens with zero attached hydrogens (tertiary/aromatic N) is 3. The van der Waals surface area contributed by atoms with E-state index in [1.54, 1.807) is 18.2 Å². The first-order valence-corrected chi connectivity index (χ1v) is 9.49. The first-order valence-electron chi connectivity index (χ1n) is 9.49. The van der Waals surface area contributed by atoms with Crippen molar-refractivity contribution in [3.05, 3.63) is 78.4 Å². The van der Waals surface area contributed by atoms with Crippen LogP contribution in [-0.2, 0) is 0 Å². The van der Waals surface area contributed by atoms with Gasteiger partial charge in [-0.15, -0.1) is 0 Å². The van der Waals surface area contributed by atoms with E-state index in [-0.39, 0.29) is 5.75 Å². The lowest BCUT2D eigenvalue weighted by molar-refractivity contribution is 0.340. The number of para-hydroxylation sites is 1. The quantitative estimate of drug-likeness (QED) is 0.507. The van der Waals surface area contributed by atoms with Crippen LogP contribution < -0.4 is 4.74 Å². The second-order valence-corrected chi connectivity index (χ2v) is 6.60. The van der Waals surface area contributed by atoms with Gasteiger partial charge in [0.05, 0.1) is 12.2 Å². The first-order chi connectivity index (χ1) is 14.2. The molecule has 0 amide bonds. The molecular weight excluding hydrogens is 362 g/mol. The van der Waals surface area contributed by atoms with Crippen molar-refractivity contribution in [2.45, 2.75) is 13.8 Å². The van der Waals surface area contributed by atoms with Crippen molar-refractivity contribution >= 4 is 0 Å². The van der Waals surface area contributed by atoms with E-state index in [2.05, 4.69) is 9.97 Å². The molecule has 1 N–H and O–H groups in total. The van der Waals surface area contributed by atoms with Crippen LogP contribution in [0.1, 0.15) is 12.5 Å². The molecule has 0 atom stereocenters. The molecule has 0 aliphatic rings. The van der Waals surface area contributed by atoms with Gasteiger partial charge in [0, 0.05) is 11.1 Å². The molecule has 0 saturated carbocycles. The van der Waals surface area contributed by atoms with Crippen molar-refractivity contribution in [3.63, 3.8) is 0 Å². The Morgan fingerprint density at radius 3 is 1.97 bits per heavy atom. The minimum Gasteiger partial charge on any atom is -0.507 e. The molecule has 4 rings (SSSR count). The summed E-state index contributed by atoms with van der Waals surface area (Å²) in [5.41, 5.74) is 3.41. The number of aromatic nitrogens is 3. The van der Waals surface area contributed by atoms with E-state index >= 15 is 0 Å². The average Bonchev–Trinajstić information content (AvgIpc) is 2.75. The van der Waals surface area contributed by atoms with E-state index < -0.39 is 0 Å². The highest BCUT2D eigenvalue weighted by Crippen LogP contribution is 2.30. The molecule has 0 spiro atoms. The SMILES string of the molecule is CCOc1ccc(-c2nc(-c3ccccc3C)nc(-c3ccccc3O)n2)cc1. The van der Waals surface area contributed by atoms with Gasteiger partial charge in [-0.3, -0.25) is 0 Å². The van der Waals surface area contributed by atoms with Crippen molar-refractivity contribution in [3.8, 4) is 45.7 Å². The minimum atomic E-state index is 0.132. The summed E-state index contributed by atoms with van der Waals surface area (Å²) in [6.07, 6.45) is 0. The number of aryl methyl sites for hydroxylation is 1. The Balaban J connectivity index is 1.89. The van der Waals surface area contributed by atoms with Crippen LogP contribution in [0.25, 0.3) is 34.2 Å². The van der Waals surface area contributed by atoms with Crippen LogP contribution in [0.15, 0.2) is 72.8 Å². The number of rotatable bonds is 5. The van der Waals surface area contributed by atoms with E-state index in [9.17, 15) is 5.11 Å². The Labute approximate surface area is 169 Å². The van der Waals surface area contributed by atoms with E-state index in [0.29, 0.717) is 29.6 Å². The number of benzene rings is 3. The lowest BCUT2D eigenvalue weighted by atomic mass is 10.1. The van der Waals surface area contributed by atoms with Crippen LogP contribution in [-0.4, -0.2) is 26.7 Å². The molecule has 0 aliphatic carbocycles. The highest BCUT2D eigenvalue weighted by atomic mass is 16.5. The molecule has 5 nitrogen and oxygen atoms in total. The normalized spacial score (nSPS) is 10.7. The summed E-state index contributed by atoms with van der Waals surface area (Å²) in [7, 11) is 0. The van der Waals surface area contributed by atoms with Gasteiger partial charge in [0.15, 0.2) is 17.5 Å². The van der Waals surface area contributed by atoms with E-state index in [1.807, 2.05) is 68.4 Å². The number of phenolic OH excluding ortho intramolecular Hbond substituents is 1. The third-order valence-corrected chi connectivity index (χ3v) is 4.59. The maximum atomic E-state index is 10.3. The van der Waals surface area contributed by atoms with Crippen LogP contribution in [0.5, 0.6) is 11.5 Å². The Hall–Kier alpha value is -3.73. The maximum Gasteiger partial charge on any atom is 0.167 e. The predicted molar refractivity (Wildman–Crippen MR) is 114 cm³/mol. The van der Waals surface area contributed by atoms with Crippen molar-refractivity contribution in [1.82, 2.24) is 15.0 Å². The summed E-state index contributed by atoms with van der Waals surface area (Å²) in [5.74, 6) is 2.47. The fourth-order valence-electron chi connectivity index (χ4n) is 3.10. The van der Waals surface area contributed by atoms with Crippen LogP contribution >= 0.6 is 0 Å². The van der Waals surface area contributed by atoms with Crippen molar-refractivity contribution in [2.24, 2.45) is 0 Å². The number of hydrogen-bond acceptors (Lipinski definition) is 5. The molecule has 1 heterocycles. The van der Waals surface area contributed by atoms with Crippen LogP contribution in [0.3, 0.4) is 0 Å². The van der Waals surface area contributed by atoms with Gasteiger partial charge in [0.25, 0.3) is 0 Å². The average molecular weight is 383 g/mol. The van der Waals surface area contributed by atoms with Gasteiger partial charge in [-0.1, -0.05) is 36.4 Å². The number of ether oxygens (including phenoxy) is 1. The topological polar surface area (TPSA) is 68.1 Å². The van der Waals surface area contributed by atoms with Crippen LogP contribution in [0.2, 0.25) is 0 Å². The van der Waals surface area contributed by atoms with Gasteiger partial charge >= 0.3 is 0 Å². The molecule has 5 heteroatoms. The van der Waals surface area contributed by atoms with Crippen molar-refractivity contribution in [2.75, 3.05) is 6.61 Å². The minimum absolute atomic E-state index is 0.132. The zero-order valence-electron chi connectivity index (χ0n) is 16.3. The molecule has 0 bridgehead atoms. The second-order valence-electron chi connectivity index (χ2n) is 6.60. The third-order valence-electron chi connectivity index (χ3n) is 4.59. The van der Waals surface area contributed by atoms with Crippen LogP contribution in [0.4, 0.5) is 0 Å². The maximum absolute atomic E-state index is 10.3. The summed E-state index contributed by atoms with van der Waals surface area (Å²) in [6, 6.07) is 22.7. The first kappa shape index (κ1) is 18.6. The lowest BCUT2D eigenvalue weighted by Crippen LogP contribution is -2.01. The summed E-state index contributed by atoms with van der Waals surface area (Å²) >= 11 is 0. The molecule has 0 fully saturated rings. The fourth-order valence-corrected chi connectivity index (χ4v) is 3.10. The molecule has 144 valence electrons. The van der Waals surface area contributed by atoms with Gasteiger partial charge in [0.1, 0.15) is 11.5 Å². The smallest absolute Gasteiger partial charge is 0.167 e. The molecule has 0 saturated heterocycles. The van der Waals surface area contributed by atoms with Gasteiger partial charge < -0.3 is 9.84 Å². The van der Waals surface area contributed by atoms with E-state index in [1.165, 1.54) is 0 Å². The highest BCUT2D eigenvalue weighted by molar-refractivity contribution is 5.70. The van der Waals surface area contributed by atoms with Crippen molar-refractivity contribution < 1.29 is 9.84 Å². The van der Waals surface area contributed by atoms with Gasteiger partial charge in [-0.25, -0.2) is 15.0 Å². The molecule has 0 unspecified atom stereocenters. The molecular formula is C24H21N3O2. The fraction of sp³-hybridized carbons (Fsp3) is 0.125. The number of aromatic hydroxyl groups is 1. The molecule has 3 aromatic carbocycles. The zero-order chi connectivity index (χ0) is 20.2. The number of hydrogen-bond donors (Lipinski definition) is 1. The highest BCUT2D eigenvalue weighted by Gasteiger charge is 2.15. The molecule has 0 radical (unpaired) electrons. The molecule has 0 aliphatic heterocycles. The second kappa shape index (κ2) is 8.10. The summed E-state index contributed by atoms with van der Waals surface area (Å²) in [4.78, 5) is 14.0. The van der Waals surface area contributed by atoms with Crippen molar-refractivity contribution in [1.29, 1.82) is 0 Å². The summed E-state index contributed by atoms with van der Waals surface area (Å²) < 4.78 is 5.53. The Morgan fingerprint density at radius 1 is 0.724 bits per heavy atom. The van der Waals surface area contributed by atoms with Gasteiger partial charge in [-0.2, -0.15) is 0 Å².